The van der Waals surface area contributed by atoms with E-state index in [0.717, 1.165) is 15.7 Å². The summed E-state index contributed by atoms with van der Waals surface area (Å²) < 4.78 is 0.906. The van der Waals surface area contributed by atoms with E-state index in [-0.39, 0.29) is 11.6 Å². The van der Waals surface area contributed by atoms with E-state index in [1.807, 2.05) is 24.3 Å². The molecule has 0 spiro atoms. The fraction of sp³-hybridized carbons (Fsp3) is 0.0588. The van der Waals surface area contributed by atoms with Crippen molar-refractivity contribution in [2.24, 2.45) is 0 Å². The number of nitrogens with one attached hydrogen (secondary N) is 1. The lowest BCUT2D eigenvalue weighted by atomic mass is 10.1. The number of hydrogen-bond donors (Lipinski definition) is 1. The number of benzene rings is 2. The molecule has 0 atom stereocenters. The normalized spacial score (nSPS) is 13.8. The van der Waals surface area contributed by atoms with Crippen molar-refractivity contribution in [3.05, 3.63) is 75.9 Å². The van der Waals surface area contributed by atoms with Gasteiger partial charge in [0.2, 0.25) is 5.78 Å². The van der Waals surface area contributed by atoms with Gasteiger partial charge in [0.05, 0.1) is 5.70 Å². The zero-order valence-corrected chi connectivity index (χ0v) is 12.7. The SMILES string of the molecule is O=C1C=C(C(=O)c2ccc(Br)cc2)Nc2ccccc2C1. The topological polar surface area (TPSA) is 46.2 Å². The third-order valence-electron chi connectivity index (χ3n) is 3.31. The first-order valence-electron chi connectivity index (χ1n) is 6.53. The second kappa shape index (κ2) is 5.66. The Bertz CT molecular complexity index is 748. The fourth-order valence-corrected chi connectivity index (χ4v) is 2.52. The van der Waals surface area contributed by atoms with Crippen molar-refractivity contribution in [3.8, 4) is 0 Å². The van der Waals surface area contributed by atoms with E-state index in [2.05, 4.69) is 21.2 Å². The molecule has 3 rings (SSSR count). The van der Waals surface area contributed by atoms with Crippen molar-refractivity contribution < 1.29 is 9.59 Å². The van der Waals surface area contributed by atoms with E-state index in [1.54, 1.807) is 24.3 Å². The Balaban J connectivity index is 1.96. The van der Waals surface area contributed by atoms with Crippen LogP contribution in [0.1, 0.15) is 15.9 Å². The van der Waals surface area contributed by atoms with Crippen LogP contribution in [0.15, 0.2) is 64.8 Å². The summed E-state index contributed by atoms with van der Waals surface area (Å²) >= 11 is 3.34. The van der Waals surface area contributed by atoms with Gasteiger partial charge in [-0.3, -0.25) is 9.59 Å². The highest BCUT2D eigenvalue weighted by Gasteiger charge is 2.19. The van der Waals surface area contributed by atoms with Crippen LogP contribution in [0, 0.1) is 0 Å². The van der Waals surface area contributed by atoms with E-state index >= 15 is 0 Å². The molecule has 0 saturated heterocycles. The number of para-hydroxylation sites is 1. The number of Topliss-reactive ketones (excluding diaryl/α,β-unsaturated/α-hetero) is 1. The number of carbonyl (C=O) groups is 2. The van der Waals surface area contributed by atoms with Gasteiger partial charge in [0.1, 0.15) is 0 Å². The molecule has 2 aromatic rings. The summed E-state index contributed by atoms with van der Waals surface area (Å²) in [5.74, 6) is -0.263. The largest absolute Gasteiger partial charge is 0.352 e. The van der Waals surface area contributed by atoms with Gasteiger partial charge in [-0.1, -0.05) is 34.1 Å². The van der Waals surface area contributed by atoms with Gasteiger partial charge in [-0.25, -0.2) is 0 Å². The van der Waals surface area contributed by atoms with Crippen LogP contribution in [0.4, 0.5) is 5.69 Å². The lowest BCUT2D eigenvalue weighted by Gasteiger charge is -2.10. The van der Waals surface area contributed by atoms with Crippen LogP contribution in [0.5, 0.6) is 0 Å². The van der Waals surface area contributed by atoms with Crippen LogP contribution in [-0.2, 0) is 11.2 Å². The Labute approximate surface area is 130 Å². The molecular weight excluding hydrogens is 330 g/mol. The highest BCUT2D eigenvalue weighted by Crippen LogP contribution is 2.23. The molecule has 1 heterocycles. The predicted octanol–water partition coefficient (Wildman–Crippen LogP) is 3.75. The van der Waals surface area contributed by atoms with Crippen LogP contribution < -0.4 is 5.32 Å². The smallest absolute Gasteiger partial charge is 0.209 e. The molecule has 0 unspecified atom stereocenters. The van der Waals surface area contributed by atoms with Crippen molar-refractivity contribution in [3.63, 3.8) is 0 Å². The minimum Gasteiger partial charge on any atom is -0.352 e. The molecule has 3 nitrogen and oxygen atoms in total. The number of allylic oxidation sites excluding steroid dienone is 2. The molecule has 1 N–H and O–H groups in total. The van der Waals surface area contributed by atoms with Crippen LogP contribution in [-0.4, -0.2) is 11.6 Å². The molecular formula is C17H12BrNO2. The minimum atomic E-state index is -0.187. The highest BCUT2D eigenvalue weighted by atomic mass is 79.9. The molecule has 104 valence electrons. The van der Waals surface area contributed by atoms with E-state index < -0.39 is 0 Å². The summed E-state index contributed by atoms with van der Waals surface area (Å²) in [4.78, 5) is 24.5. The maximum absolute atomic E-state index is 12.5. The standard InChI is InChI=1S/C17H12BrNO2/c18-13-7-5-11(6-8-13)17(21)16-10-14(20)9-12-3-1-2-4-15(12)19-16/h1-8,10,19H,9H2. The summed E-state index contributed by atoms with van der Waals surface area (Å²) in [5.41, 5.74) is 2.56. The second-order valence-corrected chi connectivity index (χ2v) is 5.73. The minimum absolute atomic E-state index is 0.0760. The summed E-state index contributed by atoms with van der Waals surface area (Å²) in [6.45, 7) is 0. The monoisotopic (exact) mass is 341 g/mol. The van der Waals surface area contributed by atoms with Crippen LogP contribution in [0.3, 0.4) is 0 Å². The second-order valence-electron chi connectivity index (χ2n) is 4.82. The molecule has 1 aliphatic rings. The molecule has 2 aromatic carbocycles. The van der Waals surface area contributed by atoms with Crippen molar-refractivity contribution in [2.45, 2.75) is 6.42 Å². The van der Waals surface area contributed by atoms with Gasteiger partial charge in [0, 0.05) is 28.2 Å². The summed E-state index contributed by atoms with van der Waals surface area (Å²) in [6.07, 6.45) is 1.70. The predicted molar refractivity (Wildman–Crippen MR) is 85.3 cm³/mol. The lowest BCUT2D eigenvalue weighted by molar-refractivity contribution is -0.114. The highest BCUT2D eigenvalue weighted by molar-refractivity contribution is 9.10. The van der Waals surface area contributed by atoms with Crippen LogP contribution >= 0.6 is 15.9 Å². The van der Waals surface area contributed by atoms with E-state index in [1.165, 1.54) is 6.08 Å². The fourth-order valence-electron chi connectivity index (χ4n) is 2.26. The average molecular weight is 342 g/mol. The van der Waals surface area contributed by atoms with Crippen molar-refractivity contribution in [1.29, 1.82) is 0 Å². The Morgan fingerprint density at radius 1 is 1.05 bits per heavy atom. The molecule has 4 heteroatoms. The molecule has 0 fully saturated rings. The Morgan fingerprint density at radius 2 is 1.76 bits per heavy atom. The quantitative estimate of drug-likeness (QED) is 0.846. The number of rotatable bonds is 2. The van der Waals surface area contributed by atoms with Crippen LogP contribution in [0.2, 0.25) is 0 Å². The number of ketones is 2. The first-order valence-corrected chi connectivity index (χ1v) is 7.32. The van der Waals surface area contributed by atoms with Crippen molar-refractivity contribution in [1.82, 2.24) is 0 Å². The van der Waals surface area contributed by atoms with E-state index in [0.29, 0.717) is 17.7 Å². The maximum atomic E-state index is 12.5. The molecule has 0 amide bonds. The Kier molecular flexibility index (Phi) is 3.71. The number of halogens is 1. The molecule has 0 bridgehead atoms. The molecule has 0 saturated carbocycles. The summed E-state index contributed by atoms with van der Waals surface area (Å²) in [5, 5.41) is 3.08. The third kappa shape index (κ3) is 2.95. The molecule has 21 heavy (non-hydrogen) atoms. The van der Waals surface area contributed by atoms with Gasteiger partial charge >= 0.3 is 0 Å². The van der Waals surface area contributed by atoms with Gasteiger partial charge in [0.25, 0.3) is 0 Å². The van der Waals surface area contributed by atoms with Crippen molar-refractivity contribution in [2.75, 3.05) is 5.32 Å². The molecule has 0 aliphatic carbocycles. The molecule has 0 aromatic heterocycles. The van der Waals surface area contributed by atoms with E-state index in [9.17, 15) is 9.59 Å². The number of fused-ring (bicyclic) bond motifs is 1. The first-order chi connectivity index (χ1) is 10.1. The molecule has 0 radical (unpaired) electrons. The van der Waals surface area contributed by atoms with Gasteiger partial charge in [-0.2, -0.15) is 0 Å². The summed E-state index contributed by atoms with van der Waals surface area (Å²) in [6, 6.07) is 14.6. The first kappa shape index (κ1) is 13.8. The Hall–Kier alpha value is -2.20. The zero-order valence-electron chi connectivity index (χ0n) is 11.1. The summed E-state index contributed by atoms with van der Waals surface area (Å²) in [7, 11) is 0. The third-order valence-corrected chi connectivity index (χ3v) is 3.84. The number of anilines is 1. The Morgan fingerprint density at radius 3 is 2.52 bits per heavy atom. The maximum Gasteiger partial charge on any atom is 0.209 e. The number of carbonyl (C=O) groups excluding carboxylic acids is 2. The van der Waals surface area contributed by atoms with Gasteiger partial charge in [-0.15, -0.1) is 0 Å². The zero-order chi connectivity index (χ0) is 14.8. The molecule has 1 aliphatic heterocycles. The van der Waals surface area contributed by atoms with Gasteiger partial charge < -0.3 is 5.32 Å². The van der Waals surface area contributed by atoms with Gasteiger partial charge in [0.15, 0.2) is 5.78 Å². The van der Waals surface area contributed by atoms with Gasteiger partial charge in [-0.05, 0) is 35.9 Å². The van der Waals surface area contributed by atoms with Crippen LogP contribution in [0.25, 0.3) is 0 Å². The lowest BCUT2D eigenvalue weighted by Crippen LogP contribution is -2.12. The van der Waals surface area contributed by atoms with E-state index in [4.69, 9.17) is 0 Å². The average Bonchev–Trinajstić information content (AvgIpc) is 2.65. The number of hydrogen-bond acceptors (Lipinski definition) is 3. The van der Waals surface area contributed by atoms with Crippen molar-refractivity contribution >= 4 is 33.2 Å².